The molecule has 4 nitrogen and oxygen atoms in total. The van der Waals surface area contributed by atoms with E-state index in [1.54, 1.807) is 7.11 Å². The predicted octanol–water partition coefficient (Wildman–Crippen LogP) is 4.82. The third-order valence-corrected chi connectivity index (χ3v) is 5.64. The Kier molecular flexibility index (Phi) is 8.94. The maximum absolute atomic E-state index is 12.9. The Bertz CT molecular complexity index is 658. The van der Waals surface area contributed by atoms with Gasteiger partial charge in [0.2, 0.25) is 5.91 Å². The quantitative estimate of drug-likeness (QED) is 0.572. The zero-order valence-electron chi connectivity index (χ0n) is 18.0. The van der Waals surface area contributed by atoms with Crippen molar-refractivity contribution in [1.29, 1.82) is 0 Å². The van der Waals surface area contributed by atoms with Gasteiger partial charge in [-0.1, -0.05) is 48.9 Å². The van der Waals surface area contributed by atoms with Crippen LogP contribution in [0, 0.1) is 0 Å². The van der Waals surface area contributed by atoms with Crippen molar-refractivity contribution in [2.45, 2.75) is 52.0 Å². The molecule has 1 saturated heterocycles. The van der Waals surface area contributed by atoms with Gasteiger partial charge in [0, 0.05) is 38.9 Å². The van der Waals surface area contributed by atoms with Gasteiger partial charge in [0.05, 0.1) is 12.1 Å². The van der Waals surface area contributed by atoms with Crippen molar-refractivity contribution in [3.8, 4) is 0 Å². The molecule has 0 N–H and O–H groups in total. The van der Waals surface area contributed by atoms with Gasteiger partial charge < -0.3 is 14.5 Å². The molecule has 1 aromatic carbocycles. The first-order chi connectivity index (χ1) is 13.6. The van der Waals surface area contributed by atoms with Crippen molar-refractivity contribution in [2.75, 3.05) is 38.3 Å². The summed E-state index contributed by atoms with van der Waals surface area (Å²) in [6.45, 7) is 9.78. The lowest BCUT2D eigenvalue weighted by molar-refractivity contribution is -0.120. The lowest BCUT2D eigenvalue weighted by atomic mass is 9.85. The van der Waals surface area contributed by atoms with Crippen molar-refractivity contribution >= 4 is 11.6 Å². The fraction of sp³-hybridized carbons (Fsp3) is 0.542. The number of allylic oxidation sites excluding steroid dienone is 3. The van der Waals surface area contributed by atoms with Crippen molar-refractivity contribution in [3.05, 3.63) is 54.1 Å². The van der Waals surface area contributed by atoms with E-state index in [0.717, 1.165) is 44.6 Å². The maximum atomic E-state index is 12.9. The smallest absolute Gasteiger partial charge is 0.227 e. The van der Waals surface area contributed by atoms with Gasteiger partial charge >= 0.3 is 0 Å². The Labute approximate surface area is 170 Å². The topological polar surface area (TPSA) is 32.8 Å². The average Bonchev–Trinajstić information content (AvgIpc) is 2.72. The van der Waals surface area contributed by atoms with Crippen LogP contribution in [0.15, 0.2) is 54.1 Å². The van der Waals surface area contributed by atoms with Gasteiger partial charge in [-0.3, -0.25) is 4.79 Å². The number of rotatable bonds is 9. The first-order valence-electron chi connectivity index (χ1n) is 10.4. The SMILES string of the molecule is C/C=C\C=C(/C)CCN1CCC(COC)(N(C(=O)CC)c2ccccc2)CC1. The van der Waals surface area contributed by atoms with Crippen LogP contribution in [0.25, 0.3) is 0 Å². The van der Waals surface area contributed by atoms with E-state index in [2.05, 4.69) is 30.1 Å². The molecule has 1 aliphatic heterocycles. The molecule has 0 atom stereocenters. The molecule has 1 amide bonds. The fourth-order valence-corrected chi connectivity index (χ4v) is 3.99. The Balaban J connectivity index is 2.12. The van der Waals surface area contributed by atoms with Gasteiger partial charge in [0.15, 0.2) is 0 Å². The van der Waals surface area contributed by atoms with E-state index in [1.165, 1.54) is 5.57 Å². The van der Waals surface area contributed by atoms with Crippen molar-refractivity contribution < 1.29 is 9.53 Å². The van der Waals surface area contributed by atoms with Crippen LogP contribution in [0.4, 0.5) is 5.69 Å². The van der Waals surface area contributed by atoms with Crippen LogP contribution in [-0.2, 0) is 9.53 Å². The highest BCUT2D eigenvalue weighted by Gasteiger charge is 2.42. The van der Waals surface area contributed by atoms with Crippen LogP contribution in [0.5, 0.6) is 0 Å². The number of carbonyl (C=O) groups is 1. The molecule has 0 radical (unpaired) electrons. The number of carbonyl (C=O) groups excluding carboxylic acids is 1. The third kappa shape index (κ3) is 5.79. The standard InChI is InChI=1S/C24H36N2O2/c1-5-7-11-21(3)14-17-25-18-15-24(16-19-25,20-28-4)26(23(27)6-2)22-12-9-8-10-13-22/h5,7-13H,6,14-20H2,1-4H3/b7-5-,21-11+. The van der Waals surface area contributed by atoms with Gasteiger partial charge in [-0.15, -0.1) is 0 Å². The van der Waals surface area contributed by atoms with Crippen LogP contribution in [-0.4, -0.2) is 49.7 Å². The molecule has 1 fully saturated rings. The average molecular weight is 385 g/mol. The first-order valence-corrected chi connectivity index (χ1v) is 10.4. The number of hydrogen-bond donors (Lipinski definition) is 0. The zero-order chi connectivity index (χ0) is 20.4. The van der Waals surface area contributed by atoms with Crippen LogP contribution in [0.3, 0.4) is 0 Å². The third-order valence-electron chi connectivity index (χ3n) is 5.64. The molecule has 0 saturated carbocycles. The molecule has 0 bridgehead atoms. The largest absolute Gasteiger partial charge is 0.382 e. The maximum Gasteiger partial charge on any atom is 0.227 e. The number of likely N-dealkylation sites (tertiary alicyclic amines) is 1. The molecule has 1 aromatic rings. The highest BCUT2D eigenvalue weighted by molar-refractivity contribution is 5.94. The molecular formula is C24H36N2O2. The lowest BCUT2D eigenvalue weighted by Crippen LogP contribution is -2.60. The number of para-hydroxylation sites is 1. The molecule has 1 aliphatic rings. The second kappa shape index (κ2) is 11.2. The number of anilines is 1. The Morgan fingerprint density at radius 1 is 1.25 bits per heavy atom. The number of amides is 1. The molecule has 0 unspecified atom stereocenters. The van der Waals surface area contributed by atoms with Gasteiger partial charge in [0.25, 0.3) is 0 Å². The van der Waals surface area contributed by atoms with Gasteiger partial charge in [0.1, 0.15) is 0 Å². The highest BCUT2D eigenvalue weighted by Crippen LogP contribution is 2.34. The van der Waals surface area contributed by atoms with Gasteiger partial charge in [-0.2, -0.15) is 0 Å². The van der Waals surface area contributed by atoms with E-state index < -0.39 is 0 Å². The van der Waals surface area contributed by atoms with Crippen LogP contribution < -0.4 is 4.90 Å². The Hall–Kier alpha value is -1.91. The summed E-state index contributed by atoms with van der Waals surface area (Å²) in [6.07, 6.45) is 9.79. The lowest BCUT2D eigenvalue weighted by Gasteiger charge is -2.48. The molecule has 4 heteroatoms. The number of benzene rings is 1. The summed E-state index contributed by atoms with van der Waals surface area (Å²) < 4.78 is 5.63. The minimum atomic E-state index is -0.268. The number of piperidine rings is 1. The van der Waals surface area contributed by atoms with Crippen molar-refractivity contribution in [2.24, 2.45) is 0 Å². The number of ether oxygens (including phenoxy) is 1. The predicted molar refractivity (Wildman–Crippen MR) is 118 cm³/mol. The summed E-state index contributed by atoms with van der Waals surface area (Å²) in [5, 5.41) is 0. The minimum absolute atomic E-state index is 0.168. The first kappa shape index (κ1) is 22.4. The molecule has 2 rings (SSSR count). The van der Waals surface area contributed by atoms with Crippen LogP contribution in [0.2, 0.25) is 0 Å². The summed E-state index contributed by atoms with van der Waals surface area (Å²) in [6, 6.07) is 10.1. The summed E-state index contributed by atoms with van der Waals surface area (Å²) in [5.74, 6) is 0.168. The molecule has 0 aromatic heterocycles. The second-order valence-electron chi connectivity index (χ2n) is 7.71. The van der Waals surface area contributed by atoms with Crippen molar-refractivity contribution in [3.63, 3.8) is 0 Å². The highest BCUT2D eigenvalue weighted by atomic mass is 16.5. The zero-order valence-corrected chi connectivity index (χ0v) is 18.0. The second-order valence-corrected chi connectivity index (χ2v) is 7.71. The fourth-order valence-electron chi connectivity index (χ4n) is 3.99. The van der Waals surface area contributed by atoms with E-state index >= 15 is 0 Å². The summed E-state index contributed by atoms with van der Waals surface area (Å²) >= 11 is 0. The molecule has 28 heavy (non-hydrogen) atoms. The normalized spacial score (nSPS) is 17.8. The van der Waals surface area contributed by atoms with Crippen LogP contribution >= 0.6 is 0 Å². The van der Waals surface area contributed by atoms with E-state index in [9.17, 15) is 4.79 Å². The number of nitrogens with zero attached hydrogens (tertiary/aromatic N) is 2. The van der Waals surface area contributed by atoms with Crippen molar-refractivity contribution in [1.82, 2.24) is 4.90 Å². The molecule has 1 heterocycles. The van der Waals surface area contributed by atoms with E-state index in [1.807, 2.05) is 49.1 Å². The molecule has 0 spiro atoms. The summed E-state index contributed by atoms with van der Waals surface area (Å²) in [7, 11) is 1.74. The van der Waals surface area contributed by atoms with E-state index in [0.29, 0.717) is 13.0 Å². The summed E-state index contributed by atoms with van der Waals surface area (Å²) in [4.78, 5) is 17.5. The van der Waals surface area contributed by atoms with E-state index in [-0.39, 0.29) is 11.4 Å². The molecule has 0 aliphatic carbocycles. The number of hydrogen-bond acceptors (Lipinski definition) is 3. The Morgan fingerprint density at radius 2 is 1.93 bits per heavy atom. The Morgan fingerprint density at radius 3 is 2.50 bits per heavy atom. The van der Waals surface area contributed by atoms with E-state index in [4.69, 9.17) is 4.74 Å². The van der Waals surface area contributed by atoms with Gasteiger partial charge in [-0.25, -0.2) is 0 Å². The number of methoxy groups -OCH3 is 1. The molecule has 154 valence electrons. The monoisotopic (exact) mass is 384 g/mol. The van der Waals surface area contributed by atoms with Crippen LogP contribution in [0.1, 0.15) is 46.5 Å². The van der Waals surface area contributed by atoms with Gasteiger partial charge in [-0.05, 0) is 45.2 Å². The molecular weight excluding hydrogens is 348 g/mol. The summed E-state index contributed by atoms with van der Waals surface area (Å²) in [5.41, 5.74) is 2.11. The minimum Gasteiger partial charge on any atom is -0.382 e.